The van der Waals surface area contributed by atoms with Crippen LogP contribution in [0.3, 0.4) is 0 Å². The Morgan fingerprint density at radius 1 is 1.13 bits per heavy atom. The maximum absolute atomic E-state index is 11.9. The normalized spacial score (nSPS) is 9.61. The Balaban J connectivity index is 2.01. The molecule has 0 spiro atoms. The van der Waals surface area contributed by atoms with Gasteiger partial charge >= 0.3 is 0 Å². The van der Waals surface area contributed by atoms with Crippen LogP contribution in [-0.2, 0) is 4.79 Å². The number of para-hydroxylation sites is 1. The van der Waals surface area contributed by atoms with E-state index >= 15 is 0 Å². The number of hydrogen-bond donors (Lipinski definition) is 1. The largest absolute Gasteiger partial charge is 0.493 e. The van der Waals surface area contributed by atoms with Crippen molar-refractivity contribution in [1.82, 2.24) is 0 Å². The van der Waals surface area contributed by atoms with Crippen molar-refractivity contribution in [3.05, 3.63) is 48.0 Å². The molecule has 0 aliphatic carbocycles. The smallest absolute Gasteiger partial charge is 0.262 e. The van der Waals surface area contributed by atoms with Gasteiger partial charge in [0.1, 0.15) is 0 Å². The van der Waals surface area contributed by atoms with Gasteiger partial charge in [-0.2, -0.15) is 5.26 Å². The van der Waals surface area contributed by atoms with Crippen molar-refractivity contribution in [2.75, 3.05) is 26.1 Å². The number of rotatable bonds is 6. The summed E-state index contributed by atoms with van der Waals surface area (Å²) < 4.78 is 15.9. The van der Waals surface area contributed by atoms with Crippen molar-refractivity contribution in [2.24, 2.45) is 0 Å². The van der Waals surface area contributed by atoms with E-state index < -0.39 is 0 Å². The van der Waals surface area contributed by atoms with E-state index in [-0.39, 0.29) is 12.5 Å². The molecule has 2 rings (SSSR count). The summed E-state index contributed by atoms with van der Waals surface area (Å²) in [4.78, 5) is 11.9. The number of benzene rings is 2. The molecule has 0 atom stereocenters. The zero-order chi connectivity index (χ0) is 16.7. The molecule has 0 fully saturated rings. The molecule has 23 heavy (non-hydrogen) atoms. The standard InChI is InChI=1S/C17H16N2O4/c1-21-14-7-4-8-15(17(14)22-2)23-11-16(20)19-13-6-3-5-12(9-13)10-18/h3-9H,11H2,1-2H3,(H,19,20). The van der Waals surface area contributed by atoms with Crippen molar-refractivity contribution in [2.45, 2.75) is 0 Å². The number of hydrogen-bond acceptors (Lipinski definition) is 5. The Hall–Kier alpha value is -3.20. The number of methoxy groups -OCH3 is 2. The summed E-state index contributed by atoms with van der Waals surface area (Å²) in [7, 11) is 3.02. The lowest BCUT2D eigenvalue weighted by Crippen LogP contribution is -2.20. The van der Waals surface area contributed by atoms with Gasteiger partial charge in [0, 0.05) is 5.69 Å². The van der Waals surface area contributed by atoms with Gasteiger partial charge in [0.15, 0.2) is 18.1 Å². The Bertz CT molecular complexity index is 738. The summed E-state index contributed by atoms with van der Waals surface area (Å²) >= 11 is 0. The zero-order valence-corrected chi connectivity index (χ0v) is 12.8. The lowest BCUT2D eigenvalue weighted by molar-refractivity contribution is -0.118. The molecule has 118 valence electrons. The van der Waals surface area contributed by atoms with E-state index in [1.807, 2.05) is 6.07 Å². The van der Waals surface area contributed by atoms with Crippen molar-refractivity contribution in [3.8, 4) is 23.3 Å². The fourth-order valence-electron chi connectivity index (χ4n) is 1.98. The number of amides is 1. The van der Waals surface area contributed by atoms with Crippen molar-refractivity contribution in [1.29, 1.82) is 5.26 Å². The van der Waals surface area contributed by atoms with Crippen LogP contribution in [0.25, 0.3) is 0 Å². The average Bonchev–Trinajstić information content (AvgIpc) is 2.59. The fraction of sp³-hybridized carbons (Fsp3) is 0.176. The van der Waals surface area contributed by atoms with E-state index in [1.165, 1.54) is 14.2 Å². The lowest BCUT2D eigenvalue weighted by atomic mass is 10.2. The third-order valence-electron chi connectivity index (χ3n) is 3.00. The summed E-state index contributed by atoms with van der Waals surface area (Å²) in [6, 6.07) is 13.8. The molecule has 2 aromatic rings. The molecule has 0 unspecified atom stereocenters. The first-order valence-electron chi connectivity index (χ1n) is 6.81. The molecule has 1 amide bonds. The number of nitrogens with one attached hydrogen (secondary N) is 1. The first-order chi connectivity index (χ1) is 11.2. The molecule has 0 saturated carbocycles. The van der Waals surface area contributed by atoms with E-state index in [2.05, 4.69) is 5.32 Å². The van der Waals surface area contributed by atoms with Gasteiger partial charge in [0.25, 0.3) is 5.91 Å². The topological polar surface area (TPSA) is 80.6 Å². The Morgan fingerprint density at radius 3 is 2.57 bits per heavy atom. The van der Waals surface area contributed by atoms with E-state index in [0.29, 0.717) is 28.5 Å². The number of anilines is 1. The zero-order valence-electron chi connectivity index (χ0n) is 12.8. The van der Waals surface area contributed by atoms with Crippen molar-refractivity contribution < 1.29 is 19.0 Å². The average molecular weight is 312 g/mol. The highest BCUT2D eigenvalue weighted by Crippen LogP contribution is 2.36. The maximum atomic E-state index is 11.9. The number of nitrogens with zero attached hydrogens (tertiary/aromatic N) is 1. The molecule has 0 aromatic heterocycles. The van der Waals surface area contributed by atoms with Crippen LogP contribution in [0.5, 0.6) is 17.2 Å². The first kappa shape index (κ1) is 16.2. The third-order valence-corrected chi connectivity index (χ3v) is 3.00. The minimum absolute atomic E-state index is 0.194. The highest BCUT2D eigenvalue weighted by atomic mass is 16.5. The lowest BCUT2D eigenvalue weighted by Gasteiger charge is -2.13. The predicted octanol–water partition coefficient (Wildman–Crippen LogP) is 2.59. The van der Waals surface area contributed by atoms with Crippen LogP contribution in [0.15, 0.2) is 42.5 Å². The van der Waals surface area contributed by atoms with Gasteiger partial charge in [0.05, 0.1) is 25.9 Å². The molecular formula is C17H16N2O4. The highest BCUT2D eigenvalue weighted by molar-refractivity contribution is 5.92. The molecule has 6 nitrogen and oxygen atoms in total. The molecule has 0 heterocycles. The fourth-order valence-corrected chi connectivity index (χ4v) is 1.98. The molecule has 0 radical (unpaired) electrons. The second-order valence-corrected chi connectivity index (χ2v) is 4.52. The number of carbonyl (C=O) groups excluding carboxylic acids is 1. The molecule has 1 N–H and O–H groups in total. The summed E-state index contributed by atoms with van der Waals surface area (Å²) in [5.41, 5.74) is 1.01. The summed E-state index contributed by atoms with van der Waals surface area (Å²) in [5.74, 6) is 1.01. The number of carbonyl (C=O) groups is 1. The quantitative estimate of drug-likeness (QED) is 0.886. The summed E-state index contributed by atoms with van der Waals surface area (Å²) in [6.07, 6.45) is 0. The Kier molecular flexibility index (Phi) is 5.42. The van der Waals surface area contributed by atoms with E-state index in [1.54, 1.807) is 42.5 Å². The van der Waals surface area contributed by atoms with Gasteiger partial charge in [0.2, 0.25) is 5.75 Å². The van der Waals surface area contributed by atoms with Crippen molar-refractivity contribution >= 4 is 11.6 Å². The molecule has 2 aromatic carbocycles. The number of nitriles is 1. The van der Waals surface area contributed by atoms with Crippen LogP contribution in [0.4, 0.5) is 5.69 Å². The first-order valence-corrected chi connectivity index (χ1v) is 6.81. The third kappa shape index (κ3) is 4.14. The SMILES string of the molecule is COc1cccc(OCC(=O)Nc2cccc(C#N)c2)c1OC. The Labute approximate surface area is 134 Å². The van der Waals surface area contributed by atoms with Gasteiger partial charge < -0.3 is 19.5 Å². The highest BCUT2D eigenvalue weighted by Gasteiger charge is 2.12. The second kappa shape index (κ2) is 7.71. The van der Waals surface area contributed by atoms with Gasteiger partial charge in [-0.3, -0.25) is 4.79 Å². The second-order valence-electron chi connectivity index (χ2n) is 4.52. The summed E-state index contributed by atoms with van der Waals surface area (Å²) in [6.45, 7) is -0.194. The Morgan fingerprint density at radius 2 is 1.87 bits per heavy atom. The van der Waals surface area contributed by atoms with Gasteiger partial charge in [-0.1, -0.05) is 12.1 Å². The minimum Gasteiger partial charge on any atom is -0.493 e. The summed E-state index contributed by atoms with van der Waals surface area (Å²) in [5, 5.41) is 11.5. The molecule has 0 aliphatic heterocycles. The van der Waals surface area contributed by atoms with Crippen LogP contribution >= 0.6 is 0 Å². The number of ether oxygens (including phenoxy) is 3. The molecule has 6 heteroatoms. The van der Waals surface area contributed by atoms with Crippen LogP contribution in [0.2, 0.25) is 0 Å². The monoisotopic (exact) mass is 312 g/mol. The van der Waals surface area contributed by atoms with Crippen LogP contribution in [-0.4, -0.2) is 26.7 Å². The molecular weight excluding hydrogens is 296 g/mol. The van der Waals surface area contributed by atoms with E-state index in [4.69, 9.17) is 19.5 Å². The van der Waals surface area contributed by atoms with E-state index in [9.17, 15) is 4.79 Å². The van der Waals surface area contributed by atoms with Gasteiger partial charge in [-0.25, -0.2) is 0 Å². The minimum atomic E-state index is -0.343. The van der Waals surface area contributed by atoms with Gasteiger partial charge in [-0.05, 0) is 30.3 Å². The molecule has 0 saturated heterocycles. The molecule has 0 aliphatic rings. The molecule has 0 bridgehead atoms. The van der Waals surface area contributed by atoms with Crippen LogP contribution < -0.4 is 19.5 Å². The van der Waals surface area contributed by atoms with E-state index in [0.717, 1.165) is 0 Å². The van der Waals surface area contributed by atoms with Crippen LogP contribution in [0, 0.1) is 11.3 Å². The maximum Gasteiger partial charge on any atom is 0.262 e. The van der Waals surface area contributed by atoms with Crippen molar-refractivity contribution in [3.63, 3.8) is 0 Å². The predicted molar refractivity (Wildman–Crippen MR) is 84.8 cm³/mol. The van der Waals surface area contributed by atoms with Gasteiger partial charge in [-0.15, -0.1) is 0 Å². The van der Waals surface area contributed by atoms with Crippen LogP contribution in [0.1, 0.15) is 5.56 Å².